The monoisotopic (exact) mass is 382 g/mol. The molecule has 1 saturated heterocycles. The average Bonchev–Trinajstić information content (AvgIpc) is 2.95. The summed E-state index contributed by atoms with van der Waals surface area (Å²) in [6.45, 7) is 10.9. The normalized spacial score (nSPS) is 15.5. The molecule has 0 aliphatic carbocycles. The van der Waals surface area contributed by atoms with Gasteiger partial charge in [-0.05, 0) is 38.8 Å². The minimum absolute atomic E-state index is 0.0154. The first kappa shape index (κ1) is 20.1. The van der Waals surface area contributed by atoms with Gasteiger partial charge in [-0.15, -0.1) is 0 Å². The van der Waals surface area contributed by atoms with E-state index in [1.807, 2.05) is 74.5 Å². The van der Waals surface area contributed by atoms with Crippen LogP contribution < -0.4 is 5.32 Å². The summed E-state index contributed by atoms with van der Waals surface area (Å²) in [6.07, 6.45) is 1.39. The minimum atomic E-state index is -0.380. The Morgan fingerprint density at radius 2 is 1.68 bits per heavy atom. The summed E-state index contributed by atoms with van der Waals surface area (Å²) < 4.78 is 1.86. The van der Waals surface area contributed by atoms with Crippen LogP contribution in [0.4, 0.5) is 5.69 Å². The smallest absolute Gasteiger partial charge is 0.227 e. The number of anilines is 1. The van der Waals surface area contributed by atoms with Gasteiger partial charge >= 0.3 is 0 Å². The lowest BCUT2D eigenvalue weighted by Gasteiger charge is -2.35. The molecule has 0 radical (unpaired) electrons. The van der Waals surface area contributed by atoms with Crippen molar-refractivity contribution in [2.75, 3.05) is 18.4 Å². The molecule has 1 aromatic heterocycles. The van der Waals surface area contributed by atoms with Crippen LogP contribution in [0.15, 0.2) is 30.3 Å². The Kier molecular flexibility index (Phi) is 5.59. The molecular weight excluding hydrogens is 352 g/mol. The van der Waals surface area contributed by atoms with Crippen LogP contribution in [0.3, 0.4) is 0 Å². The molecule has 150 valence electrons. The summed E-state index contributed by atoms with van der Waals surface area (Å²) in [6, 6.07) is 9.89. The average molecular weight is 383 g/mol. The molecule has 28 heavy (non-hydrogen) atoms. The molecule has 0 saturated carbocycles. The van der Waals surface area contributed by atoms with E-state index in [1.165, 1.54) is 0 Å². The SMILES string of the molecule is Cc1nn(-c2ccccc2)c(C)c1NC(=O)C1CCN(C(=O)C(C)(C)C)CC1. The number of hydrogen-bond acceptors (Lipinski definition) is 3. The fourth-order valence-corrected chi connectivity index (χ4v) is 3.69. The van der Waals surface area contributed by atoms with Gasteiger partial charge in [0.2, 0.25) is 11.8 Å². The van der Waals surface area contributed by atoms with Gasteiger partial charge in [-0.3, -0.25) is 9.59 Å². The summed E-state index contributed by atoms with van der Waals surface area (Å²) >= 11 is 0. The molecule has 2 heterocycles. The Hall–Kier alpha value is -2.63. The second kappa shape index (κ2) is 7.78. The highest BCUT2D eigenvalue weighted by atomic mass is 16.2. The second-order valence-corrected chi connectivity index (χ2v) is 8.60. The first-order chi connectivity index (χ1) is 13.2. The predicted octanol–water partition coefficient (Wildman–Crippen LogP) is 3.71. The summed E-state index contributed by atoms with van der Waals surface area (Å²) in [5, 5.41) is 7.68. The predicted molar refractivity (Wildman–Crippen MR) is 110 cm³/mol. The number of nitrogens with one attached hydrogen (secondary N) is 1. The quantitative estimate of drug-likeness (QED) is 0.880. The molecule has 0 spiro atoms. The van der Waals surface area contributed by atoms with E-state index in [2.05, 4.69) is 10.4 Å². The third kappa shape index (κ3) is 4.11. The summed E-state index contributed by atoms with van der Waals surface area (Å²) in [7, 11) is 0. The maximum atomic E-state index is 12.8. The third-order valence-electron chi connectivity index (χ3n) is 5.33. The van der Waals surface area contributed by atoms with Crippen LogP contribution in [0, 0.1) is 25.2 Å². The zero-order chi connectivity index (χ0) is 20.5. The highest BCUT2D eigenvalue weighted by molar-refractivity contribution is 5.94. The Morgan fingerprint density at radius 1 is 1.07 bits per heavy atom. The molecule has 2 amide bonds. The molecule has 0 atom stereocenters. The molecule has 6 nitrogen and oxygen atoms in total. The maximum absolute atomic E-state index is 12.8. The van der Waals surface area contributed by atoms with E-state index in [-0.39, 0.29) is 23.1 Å². The minimum Gasteiger partial charge on any atom is -0.342 e. The van der Waals surface area contributed by atoms with E-state index in [9.17, 15) is 9.59 Å². The van der Waals surface area contributed by atoms with Crippen molar-refractivity contribution in [3.8, 4) is 5.69 Å². The van der Waals surface area contributed by atoms with Crippen molar-refractivity contribution in [1.29, 1.82) is 0 Å². The summed E-state index contributed by atoms with van der Waals surface area (Å²) in [4.78, 5) is 27.2. The van der Waals surface area contributed by atoms with E-state index in [4.69, 9.17) is 0 Å². The van der Waals surface area contributed by atoms with Crippen LogP contribution >= 0.6 is 0 Å². The number of benzene rings is 1. The molecule has 1 aliphatic rings. The zero-order valence-electron chi connectivity index (χ0n) is 17.5. The fourth-order valence-electron chi connectivity index (χ4n) is 3.69. The van der Waals surface area contributed by atoms with Crippen molar-refractivity contribution in [2.45, 2.75) is 47.5 Å². The number of rotatable bonds is 3. The van der Waals surface area contributed by atoms with E-state index >= 15 is 0 Å². The number of hydrogen-bond donors (Lipinski definition) is 1. The number of amides is 2. The summed E-state index contributed by atoms with van der Waals surface area (Å²) in [5.41, 5.74) is 3.09. The van der Waals surface area contributed by atoms with Crippen molar-refractivity contribution in [2.24, 2.45) is 11.3 Å². The summed E-state index contributed by atoms with van der Waals surface area (Å²) in [5.74, 6) is 0.0896. The number of aryl methyl sites for hydroxylation is 1. The number of likely N-dealkylation sites (tertiary alicyclic amines) is 1. The molecule has 0 bridgehead atoms. The van der Waals surface area contributed by atoms with Crippen LogP contribution in [-0.2, 0) is 9.59 Å². The Morgan fingerprint density at radius 3 is 2.25 bits per heavy atom. The van der Waals surface area contributed by atoms with Crippen molar-refractivity contribution in [1.82, 2.24) is 14.7 Å². The molecule has 1 fully saturated rings. The third-order valence-corrected chi connectivity index (χ3v) is 5.33. The number of para-hydroxylation sites is 1. The number of carbonyl (C=O) groups is 2. The van der Waals surface area contributed by atoms with Crippen LogP contribution in [-0.4, -0.2) is 39.6 Å². The molecule has 3 rings (SSSR count). The Labute approximate surface area is 166 Å². The van der Waals surface area contributed by atoms with Crippen LogP contribution in [0.5, 0.6) is 0 Å². The van der Waals surface area contributed by atoms with Gasteiger partial charge in [-0.2, -0.15) is 5.10 Å². The van der Waals surface area contributed by atoms with Crippen molar-refractivity contribution in [3.05, 3.63) is 41.7 Å². The highest BCUT2D eigenvalue weighted by Gasteiger charge is 2.32. The van der Waals surface area contributed by atoms with E-state index < -0.39 is 0 Å². The Bertz CT molecular complexity index is 857. The molecule has 1 aromatic carbocycles. The molecule has 1 aliphatic heterocycles. The highest BCUT2D eigenvalue weighted by Crippen LogP contribution is 2.27. The van der Waals surface area contributed by atoms with Gasteiger partial charge in [0.05, 0.1) is 22.8 Å². The number of aromatic nitrogens is 2. The molecule has 0 unspecified atom stereocenters. The molecule has 2 aromatic rings. The zero-order valence-corrected chi connectivity index (χ0v) is 17.5. The lowest BCUT2D eigenvalue weighted by Crippen LogP contribution is -2.45. The van der Waals surface area contributed by atoms with E-state index in [1.54, 1.807) is 0 Å². The molecular formula is C22H30N4O2. The van der Waals surface area contributed by atoms with Crippen LogP contribution in [0.1, 0.15) is 45.0 Å². The standard InChI is InChI=1S/C22H30N4O2/c1-15-19(16(2)26(24-15)18-9-7-6-8-10-18)23-20(27)17-11-13-25(14-12-17)21(28)22(3,4)5/h6-10,17H,11-14H2,1-5H3,(H,23,27). The van der Waals surface area contributed by atoms with E-state index in [0.29, 0.717) is 25.9 Å². The second-order valence-electron chi connectivity index (χ2n) is 8.60. The number of nitrogens with zero attached hydrogens (tertiary/aromatic N) is 3. The van der Waals surface area contributed by atoms with Gasteiger partial charge in [0, 0.05) is 24.4 Å². The Balaban J connectivity index is 1.67. The number of carbonyl (C=O) groups excluding carboxylic acids is 2. The fraction of sp³-hybridized carbons (Fsp3) is 0.500. The van der Waals surface area contributed by atoms with Gasteiger partial charge < -0.3 is 10.2 Å². The first-order valence-electron chi connectivity index (χ1n) is 9.90. The number of piperidine rings is 1. The topological polar surface area (TPSA) is 67.2 Å². The van der Waals surface area contributed by atoms with Crippen molar-refractivity contribution in [3.63, 3.8) is 0 Å². The van der Waals surface area contributed by atoms with Crippen LogP contribution in [0.25, 0.3) is 5.69 Å². The van der Waals surface area contributed by atoms with Crippen molar-refractivity contribution >= 4 is 17.5 Å². The van der Waals surface area contributed by atoms with Gasteiger partial charge in [-0.1, -0.05) is 39.0 Å². The van der Waals surface area contributed by atoms with Gasteiger partial charge in [-0.25, -0.2) is 4.68 Å². The van der Waals surface area contributed by atoms with E-state index in [0.717, 1.165) is 22.8 Å². The maximum Gasteiger partial charge on any atom is 0.227 e. The lowest BCUT2D eigenvalue weighted by atomic mass is 9.90. The van der Waals surface area contributed by atoms with Crippen LogP contribution in [0.2, 0.25) is 0 Å². The molecule has 1 N–H and O–H groups in total. The first-order valence-corrected chi connectivity index (χ1v) is 9.90. The van der Waals surface area contributed by atoms with Gasteiger partial charge in [0.15, 0.2) is 0 Å². The van der Waals surface area contributed by atoms with Gasteiger partial charge in [0.25, 0.3) is 0 Å². The van der Waals surface area contributed by atoms with Crippen molar-refractivity contribution < 1.29 is 9.59 Å². The lowest BCUT2D eigenvalue weighted by molar-refractivity contribution is -0.142. The van der Waals surface area contributed by atoms with Gasteiger partial charge in [0.1, 0.15) is 0 Å². The molecule has 6 heteroatoms. The largest absolute Gasteiger partial charge is 0.342 e.